The van der Waals surface area contributed by atoms with Crippen molar-refractivity contribution >= 4 is 35.7 Å². The monoisotopic (exact) mass is 297 g/mol. The summed E-state index contributed by atoms with van der Waals surface area (Å²) in [6.07, 6.45) is 0. The van der Waals surface area contributed by atoms with Gasteiger partial charge >= 0.3 is 5.97 Å². The van der Waals surface area contributed by atoms with Crippen molar-refractivity contribution < 1.29 is 9.90 Å². The van der Waals surface area contributed by atoms with Gasteiger partial charge in [0.1, 0.15) is 0 Å². The molecule has 5 heteroatoms. The van der Waals surface area contributed by atoms with Crippen molar-refractivity contribution in [3.05, 3.63) is 64.7 Å². The highest BCUT2D eigenvalue weighted by molar-refractivity contribution is 6.30. The van der Waals surface area contributed by atoms with Crippen molar-refractivity contribution in [2.24, 2.45) is 0 Å². The molecule has 100 valence electrons. The van der Waals surface area contributed by atoms with Gasteiger partial charge in [0.25, 0.3) is 0 Å². The number of anilines is 1. The molecule has 19 heavy (non-hydrogen) atoms. The van der Waals surface area contributed by atoms with Crippen molar-refractivity contribution in [1.29, 1.82) is 0 Å². The molecule has 0 aromatic heterocycles. The first-order valence-electron chi connectivity index (χ1n) is 5.47. The van der Waals surface area contributed by atoms with Crippen LogP contribution in [-0.4, -0.2) is 11.1 Å². The normalized spacial score (nSPS) is 9.53. The zero-order chi connectivity index (χ0) is 13.0. The third-order valence-corrected chi connectivity index (χ3v) is 2.77. The van der Waals surface area contributed by atoms with E-state index in [1.807, 2.05) is 30.3 Å². The van der Waals surface area contributed by atoms with Gasteiger partial charge in [-0.05, 0) is 35.9 Å². The van der Waals surface area contributed by atoms with Gasteiger partial charge in [-0.3, -0.25) is 0 Å². The van der Waals surface area contributed by atoms with Crippen LogP contribution >= 0.6 is 24.0 Å². The van der Waals surface area contributed by atoms with E-state index in [0.29, 0.717) is 11.6 Å². The van der Waals surface area contributed by atoms with Crippen molar-refractivity contribution in [3.8, 4) is 0 Å². The second-order valence-corrected chi connectivity index (χ2v) is 4.30. The highest BCUT2D eigenvalue weighted by atomic mass is 35.5. The molecule has 2 N–H and O–H groups in total. The van der Waals surface area contributed by atoms with E-state index in [4.69, 9.17) is 16.7 Å². The van der Waals surface area contributed by atoms with E-state index in [0.717, 1.165) is 11.3 Å². The molecule has 0 saturated heterocycles. The maximum Gasteiger partial charge on any atom is 0.335 e. The number of benzene rings is 2. The zero-order valence-corrected chi connectivity index (χ0v) is 11.5. The highest BCUT2D eigenvalue weighted by Gasteiger charge is 2.02. The molecule has 0 fully saturated rings. The lowest BCUT2D eigenvalue weighted by atomic mass is 10.2. The Hall–Kier alpha value is -1.71. The van der Waals surface area contributed by atoms with Crippen molar-refractivity contribution in [2.75, 3.05) is 5.32 Å². The van der Waals surface area contributed by atoms with Crippen LogP contribution in [0.15, 0.2) is 48.5 Å². The maximum absolute atomic E-state index is 10.8. The minimum Gasteiger partial charge on any atom is -0.478 e. The summed E-state index contributed by atoms with van der Waals surface area (Å²) in [5.41, 5.74) is 2.14. The predicted molar refractivity (Wildman–Crippen MR) is 79.4 cm³/mol. The van der Waals surface area contributed by atoms with Crippen LogP contribution < -0.4 is 5.32 Å². The van der Waals surface area contributed by atoms with Crippen LogP contribution in [0.1, 0.15) is 15.9 Å². The number of carbonyl (C=O) groups is 1. The molecule has 0 spiro atoms. The highest BCUT2D eigenvalue weighted by Crippen LogP contribution is 2.14. The van der Waals surface area contributed by atoms with Gasteiger partial charge in [-0.25, -0.2) is 4.79 Å². The van der Waals surface area contributed by atoms with Crippen LogP contribution in [-0.2, 0) is 6.54 Å². The summed E-state index contributed by atoms with van der Waals surface area (Å²) in [4.78, 5) is 10.8. The van der Waals surface area contributed by atoms with Crippen LogP contribution in [0.3, 0.4) is 0 Å². The van der Waals surface area contributed by atoms with E-state index in [9.17, 15) is 4.79 Å². The summed E-state index contributed by atoms with van der Waals surface area (Å²) in [5.74, 6) is -0.926. The van der Waals surface area contributed by atoms with Gasteiger partial charge in [-0.1, -0.05) is 29.8 Å². The van der Waals surface area contributed by atoms with Crippen LogP contribution in [0.4, 0.5) is 5.69 Å². The Labute approximate surface area is 122 Å². The van der Waals surface area contributed by atoms with Crippen molar-refractivity contribution in [3.63, 3.8) is 0 Å². The Bertz CT molecular complexity index is 556. The number of nitrogens with one attached hydrogen (secondary N) is 1. The van der Waals surface area contributed by atoms with Crippen molar-refractivity contribution in [2.45, 2.75) is 6.54 Å². The third-order valence-electron chi connectivity index (χ3n) is 2.52. The molecule has 0 aliphatic carbocycles. The number of hydrogen-bond acceptors (Lipinski definition) is 2. The zero-order valence-electron chi connectivity index (χ0n) is 9.97. The molecule has 2 aromatic rings. The van der Waals surface area contributed by atoms with Gasteiger partial charge in [0.15, 0.2) is 0 Å². The number of halogens is 2. The van der Waals surface area contributed by atoms with Gasteiger partial charge in [-0.2, -0.15) is 0 Å². The first-order chi connectivity index (χ1) is 8.65. The van der Waals surface area contributed by atoms with E-state index in [2.05, 4.69) is 5.32 Å². The van der Waals surface area contributed by atoms with Gasteiger partial charge in [-0.15, -0.1) is 12.4 Å². The van der Waals surface area contributed by atoms with E-state index in [1.165, 1.54) is 0 Å². The molecule has 0 heterocycles. The van der Waals surface area contributed by atoms with Gasteiger partial charge in [0.05, 0.1) is 5.56 Å². The Morgan fingerprint density at radius 2 is 1.84 bits per heavy atom. The van der Waals surface area contributed by atoms with Crippen LogP contribution in [0.25, 0.3) is 0 Å². The lowest BCUT2D eigenvalue weighted by Crippen LogP contribution is -2.01. The molecule has 0 bridgehead atoms. The topological polar surface area (TPSA) is 49.3 Å². The average molecular weight is 298 g/mol. The molecule has 0 unspecified atom stereocenters. The molecule has 0 amide bonds. The molecule has 0 aliphatic rings. The van der Waals surface area contributed by atoms with Crippen LogP contribution in [0, 0.1) is 0 Å². The molecule has 2 rings (SSSR count). The fraction of sp³-hybridized carbons (Fsp3) is 0.0714. The Morgan fingerprint density at radius 3 is 2.47 bits per heavy atom. The van der Waals surface area contributed by atoms with E-state index >= 15 is 0 Å². The number of rotatable bonds is 4. The fourth-order valence-corrected chi connectivity index (χ4v) is 1.69. The predicted octanol–water partition coefficient (Wildman–Crippen LogP) is 4.07. The number of carboxylic acids is 1. The SMILES string of the molecule is Cl.O=C(O)c1cccc(NCc2ccc(Cl)cc2)c1. The summed E-state index contributed by atoms with van der Waals surface area (Å²) in [6, 6.07) is 14.2. The largest absolute Gasteiger partial charge is 0.478 e. The summed E-state index contributed by atoms with van der Waals surface area (Å²) in [6.45, 7) is 0.625. The molecule has 0 aliphatic heterocycles. The first-order valence-corrected chi connectivity index (χ1v) is 5.84. The minimum atomic E-state index is -0.926. The molecule has 0 radical (unpaired) electrons. The average Bonchev–Trinajstić information content (AvgIpc) is 2.38. The fourth-order valence-electron chi connectivity index (χ4n) is 1.57. The van der Waals surface area contributed by atoms with Gasteiger partial charge in [0.2, 0.25) is 0 Å². The van der Waals surface area contributed by atoms with E-state index in [1.54, 1.807) is 18.2 Å². The number of carboxylic acid groups (broad SMARTS) is 1. The van der Waals surface area contributed by atoms with Gasteiger partial charge < -0.3 is 10.4 Å². The summed E-state index contributed by atoms with van der Waals surface area (Å²) in [5, 5.41) is 12.8. The molecule has 0 saturated carbocycles. The second-order valence-electron chi connectivity index (χ2n) is 3.87. The lowest BCUT2D eigenvalue weighted by Gasteiger charge is -2.07. The van der Waals surface area contributed by atoms with Crippen LogP contribution in [0.2, 0.25) is 5.02 Å². The molecule has 2 aromatic carbocycles. The standard InChI is InChI=1S/C14H12ClNO2.ClH/c15-12-6-4-10(5-7-12)9-16-13-3-1-2-11(8-13)14(17)18;/h1-8,16H,9H2,(H,17,18);1H. The molecular formula is C14H13Cl2NO2. The Balaban J connectivity index is 0.00000180. The van der Waals surface area contributed by atoms with Crippen molar-refractivity contribution in [1.82, 2.24) is 0 Å². The van der Waals surface area contributed by atoms with E-state index in [-0.39, 0.29) is 18.0 Å². The lowest BCUT2D eigenvalue weighted by molar-refractivity contribution is 0.0697. The Kier molecular flexibility index (Phi) is 5.67. The Morgan fingerprint density at radius 1 is 1.16 bits per heavy atom. The summed E-state index contributed by atoms with van der Waals surface area (Å²) >= 11 is 5.80. The second kappa shape index (κ2) is 7.02. The number of hydrogen-bond donors (Lipinski definition) is 2. The minimum absolute atomic E-state index is 0. The quantitative estimate of drug-likeness (QED) is 0.894. The summed E-state index contributed by atoms with van der Waals surface area (Å²) < 4.78 is 0. The third kappa shape index (κ3) is 4.47. The molecule has 3 nitrogen and oxygen atoms in total. The van der Waals surface area contributed by atoms with Gasteiger partial charge in [0, 0.05) is 17.3 Å². The summed E-state index contributed by atoms with van der Waals surface area (Å²) in [7, 11) is 0. The maximum atomic E-state index is 10.8. The first kappa shape index (κ1) is 15.3. The van der Waals surface area contributed by atoms with Crippen LogP contribution in [0.5, 0.6) is 0 Å². The molecular weight excluding hydrogens is 285 g/mol. The van der Waals surface area contributed by atoms with E-state index < -0.39 is 5.97 Å². The number of aromatic carboxylic acids is 1. The molecule has 0 atom stereocenters. The smallest absolute Gasteiger partial charge is 0.335 e.